The van der Waals surface area contributed by atoms with Crippen molar-refractivity contribution < 1.29 is 9.53 Å². The van der Waals surface area contributed by atoms with E-state index in [0.29, 0.717) is 6.10 Å². The van der Waals surface area contributed by atoms with Crippen LogP contribution in [0.5, 0.6) is 0 Å². The minimum Gasteiger partial charge on any atom is -0.381 e. The molecule has 0 spiro atoms. The third-order valence-corrected chi connectivity index (χ3v) is 3.36. The minimum atomic E-state index is 0.114. The lowest BCUT2D eigenvalue weighted by atomic mass is 9.76. The van der Waals surface area contributed by atoms with Crippen molar-refractivity contribution in [3.63, 3.8) is 0 Å². The molecule has 0 N–H and O–H groups in total. The highest BCUT2D eigenvalue weighted by molar-refractivity contribution is 5.63. The van der Waals surface area contributed by atoms with Crippen LogP contribution in [0.2, 0.25) is 0 Å². The Kier molecular flexibility index (Phi) is 1.95. The first-order valence-corrected chi connectivity index (χ1v) is 4.77. The molecule has 2 aliphatic carbocycles. The molecular formula is C10H16O2. The van der Waals surface area contributed by atoms with Crippen molar-refractivity contribution in [1.29, 1.82) is 0 Å². The zero-order valence-electron chi connectivity index (χ0n) is 7.58. The summed E-state index contributed by atoms with van der Waals surface area (Å²) in [5, 5.41) is 0. The fraction of sp³-hybridized carbons (Fsp3) is 0.900. The fourth-order valence-corrected chi connectivity index (χ4v) is 2.14. The molecule has 0 heterocycles. The van der Waals surface area contributed by atoms with Gasteiger partial charge < -0.3 is 9.53 Å². The van der Waals surface area contributed by atoms with Crippen LogP contribution >= 0.6 is 0 Å². The second kappa shape index (κ2) is 2.84. The van der Waals surface area contributed by atoms with Crippen molar-refractivity contribution >= 4 is 6.29 Å². The van der Waals surface area contributed by atoms with Crippen LogP contribution in [0, 0.1) is 11.3 Å². The molecule has 2 aliphatic rings. The number of ether oxygens (including phenoxy) is 1. The Morgan fingerprint density at radius 1 is 1.50 bits per heavy atom. The lowest BCUT2D eigenvalue weighted by Crippen LogP contribution is -2.32. The monoisotopic (exact) mass is 168 g/mol. The van der Waals surface area contributed by atoms with Crippen LogP contribution < -0.4 is 0 Å². The molecule has 2 nitrogen and oxygen atoms in total. The molecule has 0 aliphatic heterocycles. The van der Waals surface area contributed by atoms with E-state index >= 15 is 0 Å². The molecule has 2 fully saturated rings. The maximum atomic E-state index is 10.7. The van der Waals surface area contributed by atoms with Gasteiger partial charge in [0.15, 0.2) is 0 Å². The molecule has 68 valence electrons. The van der Waals surface area contributed by atoms with E-state index in [-0.39, 0.29) is 5.41 Å². The Labute approximate surface area is 73.3 Å². The van der Waals surface area contributed by atoms with Crippen molar-refractivity contribution in [3.8, 4) is 0 Å². The van der Waals surface area contributed by atoms with Gasteiger partial charge in [-0.05, 0) is 38.0 Å². The number of methoxy groups -OCH3 is 1. The van der Waals surface area contributed by atoms with E-state index in [1.54, 1.807) is 7.11 Å². The van der Waals surface area contributed by atoms with Gasteiger partial charge in [0.1, 0.15) is 6.29 Å². The standard InChI is InChI=1S/C10H16O2/c1-12-9-4-8(5-9)6-10(7-11)2-3-10/h7-9H,2-6H2,1H3. The summed E-state index contributed by atoms with van der Waals surface area (Å²) in [6, 6.07) is 0. The number of rotatable bonds is 4. The molecule has 0 saturated heterocycles. The molecule has 2 heteroatoms. The van der Waals surface area contributed by atoms with Crippen LogP contribution in [0.3, 0.4) is 0 Å². The third kappa shape index (κ3) is 1.40. The first-order valence-electron chi connectivity index (χ1n) is 4.77. The van der Waals surface area contributed by atoms with Crippen LogP contribution in [0.1, 0.15) is 32.1 Å². The van der Waals surface area contributed by atoms with Gasteiger partial charge in [0.05, 0.1) is 6.10 Å². The average Bonchev–Trinajstić information content (AvgIpc) is 2.77. The van der Waals surface area contributed by atoms with Crippen molar-refractivity contribution in [2.24, 2.45) is 11.3 Å². The number of hydrogen-bond donors (Lipinski definition) is 0. The van der Waals surface area contributed by atoms with Gasteiger partial charge in [-0.3, -0.25) is 0 Å². The van der Waals surface area contributed by atoms with Gasteiger partial charge in [-0.15, -0.1) is 0 Å². The molecule has 0 aromatic carbocycles. The Balaban J connectivity index is 1.72. The molecule has 0 atom stereocenters. The van der Waals surface area contributed by atoms with E-state index in [1.807, 2.05) is 0 Å². The van der Waals surface area contributed by atoms with Gasteiger partial charge >= 0.3 is 0 Å². The van der Waals surface area contributed by atoms with Crippen LogP contribution in [0.4, 0.5) is 0 Å². The maximum absolute atomic E-state index is 10.7. The molecule has 0 bridgehead atoms. The molecular weight excluding hydrogens is 152 g/mol. The highest BCUT2D eigenvalue weighted by Crippen LogP contribution is 2.52. The zero-order valence-corrected chi connectivity index (χ0v) is 7.58. The molecule has 0 unspecified atom stereocenters. The van der Waals surface area contributed by atoms with Crippen molar-refractivity contribution in [2.75, 3.05) is 7.11 Å². The van der Waals surface area contributed by atoms with E-state index in [4.69, 9.17) is 4.74 Å². The lowest BCUT2D eigenvalue weighted by molar-refractivity contribution is -0.113. The van der Waals surface area contributed by atoms with Crippen LogP contribution in [0.15, 0.2) is 0 Å². The van der Waals surface area contributed by atoms with Crippen LogP contribution in [-0.4, -0.2) is 19.5 Å². The Bertz CT molecular complexity index is 178. The molecule has 0 aromatic rings. The summed E-state index contributed by atoms with van der Waals surface area (Å²) in [7, 11) is 1.77. The van der Waals surface area contributed by atoms with Crippen molar-refractivity contribution in [3.05, 3.63) is 0 Å². The topological polar surface area (TPSA) is 26.3 Å². The number of aldehydes is 1. The Morgan fingerprint density at radius 2 is 2.17 bits per heavy atom. The van der Waals surface area contributed by atoms with Gasteiger partial charge in [-0.1, -0.05) is 0 Å². The largest absolute Gasteiger partial charge is 0.381 e. The predicted octanol–water partition coefficient (Wildman–Crippen LogP) is 1.78. The zero-order chi connectivity index (χ0) is 8.60. The van der Waals surface area contributed by atoms with Gasteiger partial charge in [-0.2, -0.15) is 0 Å². The number of carbonyl (C=O) groups excluding carboxylic acids is 1. The van der Waals surface area contributed by atoms with Gasteiger partial charge in [0.2, 0.25) is 0 Å². The number of hydrogen-bond acceptors (Lipinski definition) is 2. The highest BCUT2D eigenvalue weighted by atomic mass is 16.5. The van der Waals surface area contributed by atoms with E-state index in [9.17, 15) is 4.79 Å². The van der Waals surface area contributed by atoms with Crippen molar-refractivity contribution in [1.82, 2.24) is 0 Å². The van der Waals surface area contributed by atoms with Gasteiger partial charge in [0, 0.05) is 12.5 Å². The predicted molar refractivity (Wildman–Crippen MR) is 45.9 cm³/mol. The first kappa shape index (κ1) is 8.24. The van der Waals surface area contributed by atoms with E-state index < -0.39 is 0 Å². The second-order valence-corrected chi connectivity index (χ2v) is 4.38. The van der Waals surface area contributed by atoms with E-state index in [2.05, 4.69) is 0 Å². The third-order valence-electron chi connectivity index (χ3n) is 3.36. The SMILES string of the molecule is COC1CC(CC2(C=O)CC2)C1. The molecule has 0 amide bonds. The lowest BCUT2D eigenvalue weighted by Gasteiger charge is -2.35. The van der Waals surface area contributed by atoms with E-state index in [0.717, 1.165) is 25.2 Å². The first-order chi connectivity index (χ1) is 5.78. The summed E-state index contributed by atoms with van der Waals surface area (Å²) in [4.78, 5) is 10.7. The Hall–Kier alpha value is -0.370. The van der Waals surface area contributed by atoms with Crippen LogP contribution in [0.25, 0.3) is 0 Å². The molecule has 0 aromatic heterocycles. The molecule has 12 heavy (non-hydrogen) atoms. The highest BCUT2D eigenvalue weighted by Gasteiger charge is 2.46. The molecule has 2 rings (SSSR count). The van der Waals surface area contributed by atoms with Gasteiger partial charge in [-0.25, -0.2) is 0 Å². The Morgan fingerprint density at radius 3 is 2.58 bits per heavy atom. The second-order valence-electron chi connectivity index (χ2n) is 4.38. The van der Waals surface area contributed by atoms with Crippen LogP contribution in [-0.2, 0) is 9.53 Å². The summed E-state index contributed by atoms with van der Waals surface area (Å²) in [5.74, 6) is 0.766. The molecule has 2 saturated carbocycles. The van der Waals surface area contributed by atoms with Crippen molar-refractivity contribution in [2.45, 2.75) is 38.2 Å². The number of carbonyl (C=O) groups is 1. The summed E-state index contributed by atoms with van der Waals surface area (Å²) in [6.45, 7) is 0. The minimum absolute atomic E-state index is 0.114. The smallest absolute Gasteiger partial charge is 0.126 e. The normalized spacial score (nSPS) is 37.1. The van der Waals surface area contributed by atoms with E-state index in [1.165, 1.54) is 19.1 Å². The molecule has 0 radical (unpaired) electrons. The summed E-state index contributed by atoms with van der Waals surface area (Å²) in [6.07, 6.45) is 7.38. The summed E-state index contributed by atoms with van der Waals surface area (Å²) >= 11 is 0. The van der Waals surface area contributed by atoms with Gasteiger partial charge in [0.25, 0.3) is 0 Å². The fourth-order valence-electron chi connectivity index (χ4n) is 2.14. The average molecular weight is 168 g/mol. The summed E-state index contributed by atoms with van der Waals surface area (Å²) < 4.78 is 5.20. The summed E-state index contributed by atoms with van der Waals surface area (Å²) in [5.41, 5.74) is 0.114. The quantitative estimate of drug-likeness (QED) is 0.598. The maximum Gasteiger partial charge on any atom is 0.126 e.